The predicted molar refractivity (Wildman–Crippen MR) is 61.5 cm³/mol. The van der Waals surface area contributed by atoms with Crippen LogP contribution < -0.4 is 11.1 Å². The van der Waals surface area contributed by atoms with Gasteiger partial charge < -0.3 is 11.1 Å². The maximum absolute atomic E-state index is 11.2. The second-order valence-corrected chi connectivity index (χ2v) is 4.68. The molecule has 0 aromatic rings. The number of hydrogen-bond acceptors (Lipinski definition) is 3. The average molecular weight is 216 g/mol. The zero-order valence-corrected chi connectivity index (χ0v) is 9.61. The minimum Gasteiger partial charge on any atom is -0.343 e. The fraction of sp³-hybridized carbons (Fsp3) is 0.900. The van der Waals surface area contributed by atoms with Crippen LogP contribution in [-0.4, -0.2) is 23.6 Å². The maximum atomic E-state index is 11.2. The Morgan fingerprint density at radius 3 is 2.57 bits per heavy atom. The van der Waals surface area contributed by atoms with Gasteiger partial charge in [0.25, 0.3) is 5.24 Å². The van der Waals surface area contributed by atoms with Crippen molar-refractivity contribution in [3.05, 3.63) is 0 Å². The molecule has 0 aromatic heterocycles. The number of nitrogens with one attached hydrogen (secondary N) is 1. The zero-order valence-electron chi connectivity index (χ0n) is 8.79. The standard InChI is InChI=1S/C10H20N2OS/c1-14-10(13)12-9-7-5-3-2-4-6-8(9)11/h8-9H,2-7,11H2,1H3,(H,12,13)/t8-,9?/m1/s1. The number of rotatable bonds is 1. The molecule has 3 nitrogen and oxygen atoms in total. The summed E-state index contributed by atoms with van der Waals surface area (Å²) in [7, 11) is 0. The van der Waals surface area contributed by atoms with Gasteiger partial charge in [-0.2, -0.15) is 0 Å². The Morgan fingerprint density at radius 2 is 1.93 bits per heavy atom. The van der Waals surface area contributed by atoms with Gasteiger partial charge >= 0.3 is 0 Å². The molecule has 1 aliphatic rings. The number of carbonyl (C=O) groups excluding carboxylic acids is 1. The fourth-order valence-corrected chi connectivity index (χ4v) is 2.17. The molecule has 14 heavy (non-hydrogen) atoms. The van der Waals surface area contributed by atoms with Crippen LogP contribution in [0.4, 0.5) is 4.79 Å². The van der Waals surface area contributed by atoms with E-state index < -0.39 is 0 Å². The van der Waals surface area contributed by atoms with Crippen molar-refractivity contribution < 1.29 is 4.79 Å². The molecule has 0 radical (unpaired) electrons. The van der Waals surface area contributed by atoms with E-state index >= 15 is 0 Å². The maximum Gasteiger partial charge on any atom is 0.279 e. The highest BCUT2D eigenvalue weighted by atomic mass is 32.2. The Bertz CT molecular complexity index is 187. The summed E-state index contributed by atoms with van der Waals surface area (Å²) in [6.45, 7) is 0. The average Bonchev–Trinajstić information content (AvgIpc) is 2.17. The summed E-state index contributed by atoms with van der Waals surface area (Å²) >= 11 is 1.23. The van der Waals surface area contributed by atoms with Gasteiger partial charge in [0.1, 0.15) is 0 Å². The third-order valence-corrected chi connectivity index (χ3v) is 3.30. The highest BCUT2D eigenvalue weighted by Crippen LogP contribution is 2.17. The topological polar surface area (TPSA) is 55.1 Å². The largest absolute Gasteiger partial charge is 0.343 e. The second-order valence-electron chi connectivity index (χ2n) is 3.90. The van der Waals surface area contributed by atoms with Crippen LogP contribution in [0.25, 0.3) is 0 Å². The molecule has 1 aliphatic carbocycles. The molecule has 1 saturated carbocycles. The highest BCUT2D eigenvalue weighted by molar-refractivity contribution is 8.12. The molecule has 3 N–H and O–H groups in total. The molecule has 0 aliphatic heterocycles. The monoisotopic (exact) mass is 216 g/mol. The van der Waals surface area contributed by atoms with Gasteiger partial charge in [0.2, 0.25) is 0 Å². The summed E-state index contributed by atoms with van der Waals surface area (Å²) in [6.07, 6.45) is 8.83. The van der Waals surface area contributed by atoms with Crippen LogP contribution in [0, 0.1) is 0 Å². The van der Waals surface area contributed by atoms with Crippen LogP contribution in [0.15, 0.2) is 0 Å². The van der Waals surface area contributed by atoms with Crippen molar-refractivity contribution in [2.75, 3.05) is 6.26 Å². The molecule has 0 bridgehead atoms. The Balaban J connectivity index is 2.40. The molecule has 1 fully saturated rings. The molecule has 0 spiro atoms. The van der Waals surface area contributed by atoms with Crippen LogP contribution in [0.5, 0.6) is 0 Å². The smallest absolute Gasteiger partial charge is 0.279 e. The summed E-state index contributed by atoms with van der Waals surface area (Å²) in [5.74, 6) is 0. The molecule has 1 rings (SSSR count). The number of nitrogens with two attached hydrogens (primary N) is 1. The van der Waals surface area contributed by atoms with E-state index in [0.29, 0.717) is 0 Å². The Morgan fingerprint density at radius 1 is 1.29 bits per heavy atom. The van der Waals surface area contributed by atoms with Crippen molar-refractivity contribution in [3.8, 4) is 0 Å². The van der Waals surface area contributed by atoms with Crippen molar-refractivity contribution >= 4 is 17.0 Å². The normalized spacial score (nSPS) is 29.0. The van der Waals surface area contributed by atoms with E-state index in [1.54, 1.807) is 6.26 Å². The molecular formula is C10H20N2OS. The van der Waals surface area contributed by atoms with Crippen LogP contribution in [-0.2, 0) is 0 Å². The lowest BCUT2D eigenvalue weighted by Gasteiger charge is -2.26. The Hall–Kier alpha value is -0.220. The van der Waals surface area contributed by atoms with E-state index in [1.807, 2.05) is 0 Å². The van der Waals surface area contributed by atoms with Crippen LogP contribution in [0.1, 0.15) is 38.5 Å². The lowest BCUT2D eigenvalue weighted by atomic mass is 9.93. The van der Waals surface area contributed by atoms with Crippen molar-refractivity contribution in [2.24, 2.45) is 5.73 Å². The number of carbonyl (C=O) groups is 1. The molecule has 0 saturated heterocycles. The van der Waals surface area contributed by atoms with Gasteiger partial charge in [0.05, 0.1) is 0 Å². The Kier molecular flexibility index (Phi) is 5.33. The van der Waals surface area contributed by atoms with E-state index in [2.05, 4.69) is 5.32 Å². The molecular weight excluding hydrogens is 196 g/mol. The van der Waals surface area contributed by atoms with Crippen LogP contribution >= 0.6 is 11.8 Å². The lowest BCUT2D eigenvalue weighted by molar-refractivity contribution is 0.251. The van der Waals surface area contributed by atoms with Crippen molar-refractivity contribution in [1.82, 2.24) is 5.32 Å². The quantitative estimate of drug-likeness (QED) is 0.706. The number of amides is 1. The van der Waals surface area contributed by atoms with Crippen molar-refractivity contribution in [1.29, 1.82) is 0 Å². The first kappa shape index (κ1) is 11.9. The van der Waals surface area contributed by atoms with E-state index in [4.69, 9.17) is 5.73 Å². The predicted octanol–water partition coefficient (Wildman–Crippen LogP) is 2.11. The summed E-state index contributed by atoms with van der Waals surface area (Å²) in [4.78, 5) is 11.2. The first-order valence-corrected chi connectivity index (χ1v) is 6.56. The van der Waals surface area contributed by atoms with E-state index in [-0.39, 0.29) is 17.3 Å². The zero-order chi connectivity index (χ0) is 10.4. The molecule has 1 unspecified atom stereocenters. The third-order valence-electron chi connectivity index (χ3n) is 2.81. The number of thioether (sulfide) groups is 1. The summed E-state index contributed by atoms with van der Waals surface area (Å²) < 4.78 is 0. The molecule has 2 atom stereocenters. The van der Waals surface area contributed by atoms with E-state index in [9.17, 15) is 4.79 Å². The molecule has 0 heterocycles. The molecule has 0 aromatic carbocycles. The van der Waals surface area contributed by atoms with E-state index in [1.165, 1.54) is 37.4 Å². The van der Waals surface area contributed by atoms with Gasteiger partial charge in [0.15, 0.2) is 0 Å². The highest BCUT2D eigenvalue weighted by Gasteiger charge is 2.20. The summed E-state index contributed by atoms with van der Waals surface area (Å²) in [5, 5.41) is 3.03. The third kappa shape index (κ3) is 3.88. The van der Waals surface area contributed by atoms with Gasteiger partial charge in [-0.05, 0) is 19.1 Å². The first-order valence-electron chi connectivity index (χ1n) is 5.34. The number of hydrogen-bond donors (Lipinski definition) is 2. The summed E-state index contributed by atoms with van der Waals surface area (Å²) in [6, 6.07) is 0.335. The Labute approximate surface area is 90.2 Å². The van der Waals surface area contributed by atoms with Crippen LogP contribution in [0.3, 0.4) is 0 Å². The van der Waals surface area contributed by atoms with Crippen molar-refractivity contribution in [3.63, 3.8) is 0 Å². The van der Waals surface area contributed by atoms with Gasteiger partial charge in [-0.15, -0.1) is 0 Å². The minimum absolute atomic E-state index is 0.0472. The molecule has 4 heteroatoms. The van der Waals surface area contributed by atoms with Gasteiger partial charge in [-0.1, -0.05) is 37.4 Å². The minimum atomic E-state index is 0.0472. The van der Waals surface area contributed by atoms with Gasteiger partial charge in [0, 0.05) is 12.1 Å². The lowest BCUT2D eigenvalue weighted by Crippen LogP contribution is -2.46. The molecule has 82 valence electrons. The van der Waals surface area contributed by atoms with Crippen molar-refractivity contribution in [2.45, 2.75) is 50.6 Å². The van der Waals surface area contributed by atoms with E-state index in [0.717, 1.165) is 12.8 Å². The van der Waals surface area contributed by atoms with Crippen LogP contribution in [0.2, 0.25) is 0 Å². The van der Waals surface area contributed by atoms with Gasteiger partial charge in [-0.3, -0.25) is 4.79 Å². The molecule has 1 amide bonds. The second kappa shape index (κ2) is 6.30. The first-order chi connectivity index (χ1) is 6.74. The fourth-order valence-electron chi connectivity index (χ4n) is 1.90. The van der Waals surface area contributed by atoms with Gasteiger partial charge in [-0.25, -0.2) is 0 Å². The summed E-state index contributed by atoms with van der Waals surface area (Å²) in [5.41, 5.74) is 6.03. The SMILES string of the molecule is CSC(=O)NC1CCCCCC[C@H]1N.